The van der Waals surface area contributed by atoms with Crippen LogP contribution in [0.2, 0.25) is 0 Å². The number of imidazole rings is 1. The largest absolute Gasteiger partial charge is 0.507 e. The number of carboxylic acids is 2. The van der Waals surface area contributed by atoms with E-state index in [0.29, 0.717) is 37.4 Å². The van der Waals surface area contributed by atoms with Crippen LogP contribution in [0.1, 0.15) is 125 Å². The zero-order valence-corrected chi connectivity index (χ0v) is 55.2. The number of nitrogens with one attached hydrogen (secondary N) is 3. The maximum atomic E-state index is 13.2. The van der Waals surface area contributed by atoms with Gasteiger partial charge in [-0.2, -0.15) is 0 Å². The molecule has 22 nitrogen and oxygen atoms in total. The summed E-state index contributed by atoms with van der Waals surface area (Å²) >= 11 is 1.95. The average molecular weight is 1500 g/mol. The number of ether oxygens (including phenoxy) is 2. The van der Waals surface area contributed by atoms with Crippen LogP contribution >= 0.6 is 22.6 Å². The number of carbonyl (C=O) groups is 7. The topological polar surface area (TPSA) is 358 Å². The van der Waals surface area contributed by atoms with E-state index in [4.69, 9.17) is 35.4 Å². The Morgan fingerprint density at radius 1 is 0.694 bits per heavy atom. The van der Waals surface area contributed by atoms with E-state index in [2.05, 4.69) is 20.5 Å². The Morgan fingerprint density at radius 2 is 1.20 bits per heavy atom. The third-order valence-electron chi connectivity index (χ3n) is 12.6. The maximum Gasteiger partial charge on any atom is 0.408 e. The molecule has 0 aliphatic heterocycles. The van der Waals surface area contributed by atoms with E-state index < -0.39 is 71.2 Å². The summed E-state index contributed by atoms with van der Waals surface area (Å²) in [4.78, 5) is 87.4. The van der Waals surface area contributed by atoms with Crippen LogP contribution < -0.4 is 27.4 Å². The zero-order valence-electron chi connectivity index (χ0n) is 48.3. The molecule has 24 heteroatoms. The summed E-state index contributed by atoms with van der Waals surface area (Å²) < 4.78 is 18.4. The number of aromatic nitrogens is 2. The first-order chi connectivity index (χ1) is 39.5. The first-order valence-corrected chi connectivity index (χ1v) is 27.9. The quantitative estimate of drug-likeness (QED) is 0.0283. The van der Waals surface area contributed by atoms with Gasteiger partial charge in [-0.15, -0.1) is 0 Å². The first-order valence-electron chi connectivity index (χ1n) is 26.8. The molecule has 1 aliphatic carbocycles. The number of nitrogens with zero attached hydrogens (tertiary/aromatic N) is 2. The van der Waals surface area contributed by atoms with E-state index in [-0.39, 0.29) is 86.1 Å². The van der Waals surface area contributed by atoms with Crippen molar-refractivity contribution in [3.8, 4) is 28.6 Å². The number of furan rings is 1. The van der Waals surface area contributed by atoms with Crippen LogP contribution in [0.5, 0.6) is 17.2 Å². The molecule has 5 amide bonds. The number of hydrogen-bond acceptors (Lipinski definition) is 14. The number of amides is 5. The minimum Gasteiger partial charge on any atom is -0.507 e. The third-order valence-corrected chi connectivity index (χ3v) is 13.5. The van der Waals surface area contributed by atoms with Crippen molar-refractivity contribution in [2.45, 2.75) is 135 Å². The number of phenols is 3. The van der Waals surface area contributed by atoms with Crippen molar-refractivity contribution in [1.82, 2.24) is 25.5 Å². The second kappa shape index (κ2) is 32.2. The molecule has 2 aromatic heterocycles. The van der Waals surface area contributed by atoms with E-state index >= 15 is 0 Å². The molecule has 85 heavy (non-hydrogen) atoms. The number of phenolic OH excluding ortho intramolecular Hbond substituents is 3. The number of halogens is 1. The fraction of sp³-hybridized carbons (Fsp3) is 0.344. The van der Waals surface area contributed by atoms with Crippen molar-refractivity contribution in [2.75, 3.05) is 0 Å². The van der Waals surface area contributed by atoms with Crippen LogP contribution in [0.4, 0.5) is 9.59 Å². The summed E-state index contributed by atoms with van der Waals surface area (Å²) in [6.45, 7) is 12.1. The SMILES string of the molecule is C/C=C/c1cc(C[C@H](NC(=O)OC(C)(C)C)C(N)=O)ccc1O.CC(C)(C)OC(=O)N[C@@H](Cc1ccc(O)c(I)c1)C(=O)O.NC(=O)[C@H](Cc1ccc(O)c(/C=C/C(=O)O)c1)NC(=O)c1ccc2c(c1)nc(-c1ccoc1)n2C1CCCCC1.[Ac]. The Morgan fingerprint density at radius 3 is 1.68 bits per heavy atom. The number of nitrogens with two attached hydrogens (primary N) is 2. The van der Waals surface area contributed by atoms with Gasteiger partial charge in [0.05, 0.1) is 26.4 Å². The molecular weight excluding hydrogens is 1420 g/mol. The van der Waals surface area contributed by atoms with Crippen molar-refractivity contribution in [1.29, 1.82) is 0 Å². The van der Waals surface area contributed by atoms with Crippen molar-refractivity contribution >= 4 is 87.6 Å². The van der Waals surface area contributed by atoms with Gasteiger partial charge in [-0.25, -0.2) is 24.2 Å². The Labute approximate surface area is 541 Å². The number of aliphatic carboxylic acids is 2. The van der Waals surface area contributed by atoms with Gasteiger partial charge in [-0.1, -0.05) is 49.6 Å². The average Bonchev–Trinajstić information content (AvgIpc) is 2.25. The molecule has 2 heterocycles. The first kappa shape index (κ1) is 70.1. The number of aromatic hydroxyl groups is 3. The van der Waals surface area contributed by atoms with Crippen LogP contribution in [-0.4, -0.2) is 106 Å². The van der Waals surface area contributed by atoms with Crippen molar-refractivity contribution in [3.63, 3.8) is 0 Å². The second-order valence-corrected chi connectivity index (χ2v) is 22.9. The number of hydrogen-bond donors (Lipinski definition) is 10. The monoisotopic (exact) mass is 1500 g/mol. The standard InChI is InChI=1S/C30H30N4O6.C17H24N2O4.C14H18INO5.Ac/c31-28(38)24(15-18-6-10-26(35)19(14-18)8-11-27(36)37)33-30(39)20-7-9-25-23(16-20)32-29(21-12-13-40-17-21)34(25)22-4-2-1-3-5-22;1-5-6-12-9-11(7-8-14(12)20)10-13(15(18)21)19-16(22)23-17(2,3)4;1-14(2,3)21-13(20)16-10(12(18)19)7-8-4-5-11(17)9(15)6-8;/h6-14,16-17,22,24,35H,1-5,15H2,(H2,31,38)(H,33,39)(H,36,37);5-9,13,20H,10H2,1-4H3,(H2,18,21)(H,19,22);4-6,10,17H,7H2,1-3H3,(H,16,20)(H,18,19);/b11-8+;6-5+;;/t24-;13-;10-;/m000./s1. The summed E-state index contributed by atoms with van der Waals surface area (Å²) in [6, 6.07) is 18.7. The smallest absolute Gasteiger partial charge is 0.408 e. The van der Waals surface area contributed by atoms with E-state index in [1.54, 1.807) is 109 Å². The van der Waals surface area contributed by atoms with Crippen molar-refractivity contribution in [2.24, 2.45) is 11.5 Å². The predicted octanol–water partition coefficient (Wildman–Crippen LogP) is 9.29. The minimum atomic E-state index is -1.16. The molecule has 1 aliphatic rings. The number of carboxylic acid groups (broad SMARTS) is 2. The van der Waals surface area contributed by atoms with Gasteiger partial charge in [0.15, 0.2) is 0 Å². The molecule has 7 rings (SSSR count). The van der Waals surface area contributed by atoms with Gasteiger partial charge in [-0.05, 0) is 167 Å². The van der Waals surface area contributed by atoms with Gasteiger partial charge in [0, 0.05) is 92.1 Å². The number of alkyl carbamates (subject to hydrolysis) is 2. The second-order valence-electron chi connectivity index (χ2n) is 21.7. The van der Waals surface area contributed by atoms with E-state index in [9.17, 15) is 54.0 Å². The number of allylic oxidation sites excluding steroid dienone is 1. The Bertz CT molecular complexity index is 3380. The summed E-state index contributed by atoms with van der Waals surface area (Å²) in [6.07, 6.45) is 13.5. The summed E-state index contributed by atoms with van der Waals surface area (Å²) in [5.74, 6) is -3.22. The molecule has 0 spiro atoms. The molecular formula is C61H72AcIN7O15. The molecule has 1 radical (unpaired) electrons. The number of benzene rings is 4. The molecule has 1 fully saturated rings. The molecule has 0 unspecified atom stereocenters. The Kier molecular flexibility index (Phi) is 26.5. The molecule has 1 saturated carbocycles. The molecule has 0 bridgehead atoms. The third kappa shape index (κ3) is 22.5. The van der Waals surface area contributed by atoms with Crippen LogP contribution in [0.3, 0.4) is 0 Å². The summed E-state index contributed by atoms with van der Waals surface area (Å²) in [5, 5.41) is 54.8. The van der Waals surface area contributed by atoms with Gasteiger partial charge in [-0.3, -0.25) is 14.4 Å². The zero-order chi connectivity index (χ0) is 62.1. The van der Waals surface area contributed by atoms with Gasteiger partial charge >= 0.3 is 24.1 Å². The summed E-state index contributed by atoms with van der Waals surface area (Å²) in [5.41, 5.74) is 15.3. The van der Waals surface area contributed by atoms with Crippen molar-refractivity contribution < 1.29 is 117 Å². The Hall–Kier alpha value is -7.43. The van der Waals surface area contributed by atoms with E-state index in [1.807, 2.05) is 41.6 Å². The number of fused-ring (bicyclic) bond motifs is 1. The van der Waals surface area contributed by atoms with E-state index in [0.717, 1.165) is 54.2 Å². The predicted molar refractivity (Wildman–Crippen MR) is 323 cm³/mol. The van der Waals surface area contributed by atoms with Crippen LogP contribution in [0.25, 0.3) is 34.6 Å². The number of rotatable bonds is 18. The van der Waals surface area contributed by atoms with Gasteiger partial charge in [0.1, 0.15) is 58.7 Å². The van der Waals surface area contributed by atoms with E-state index in [1.165, 1.54) is 36.8 Å². The normalized spacial score (nSPS) is 13.6. The Balaban J connectivity index is 0.000000295. The van der Waals surface area contributed by atoms with Gasteiger partial charge < -0.3 is 71.4 Å². The summed E-state index contributed by atoms with van der Waals surface area (Å²) in [7, 11) is 0. The fourth-order valence-electron chi connectivity index (χ4n) is 8.78. The molecule has 6 aromatic rings. The minimum absolute atomic E-state index is 0. The van der Waals surface area contributed by atoms with Crippen LogP contribution in [-0.2, 0) is 47.9 Å². The van der Waals surface area contributed by atoms with Crippen molar-refractivity contribution in [3.05, 3.63) is 140 Å². The molecule has 451 valence electrons. The molecule has 12 N–H and O–H groups in total. The maximum absolute atomic E-state index is 13.2. The molecule has 4 aromatic carbocycles. The van der Waals surface area contributed by atoms with Crippen LogP contribution in [0, 0.1) is 47.6 Å². The number of primary amides is 2. The number of carbonyl (C=O) groups excluding carboxylic acids is 5. The van der Waals surface area contributed by atoms with Gasteiger partial charge in [0.25, 0.3) is 5.91 Å². The molecule has 0 saturated heterocycles. The van der Waals surface area contributed by atoms with Gasteiger partial charge in [0.2, 0.25) is 11.8 Å². The molecule has 3 atom stereocenters. The van der Waals surface area contributed by atoms with Crippen LogP contribution in [0.15, 0.2) is 108 Å². The fourth-order valence-corrected chi connectivity index (χ4v) is 9.36.